The Balaban J connectivity index is 2.03. The second kappa shape index (κ2) is 7.63. The van der Waals surface area contributed by atoms with Crippen molar-refractivity contribution in [1.29, 1.82) is 0 Å². The maximum absolute atomic E-state index is 6.06. The Morgan fingerprint density at radius 2 is 2.19 bits per heavy atom. The van der Waals surface area contributed by atoms with E-state index in [2.05, 4.69) is 48.2 Å². The van der Waals surface area contributed by atoms with Gasteiger partial charge in [0.05, 0.1) is 6.54 Å². The third-order valence-electron chi connectivity index (χ3n) is 3.39. The first-order chi connectivity index (χ1) is 10.1. The smallest absolute Gasteiger partial charge is 0.0555 e. The van der Waals surface area contributed by atoms with E-state index in [0.717, 1.165) is 17.1 Å². The van der Waals surface area contributed by atoms with Gasteiger partial charge in [-0.15, -0.1) is 11.3 Å². The van der Waals surface area contributed by atoms with Gasteiger partial charge in [0.2, 0.25) is 0 Å². The Hall–Kier alpha value is -1.31. The van der Waals surface area contributed by atoms with E-state index >= 15 is 0 Å². The Morgan fingerprint density at radius 3 is 2.90 bits per heavy atom. The summed E-state index contributed by atoms with van der Waals surface area (Å²) >= 11 is 7.80. The molecule has 0 amide bonds. The lowest BCUT2D eigenvalue weighted by atomic mass is 10.1. The zero-order valence-electron chi connectivity index (χ0n) is 12.3. The number of thiophene rings is 1. The third-order valence-corrected chi connectivity index (χ3v) is 4.54. The molecule has 1 unspecified atom stereocenters. The SMILES string of the molecule is CC(c1cccc(Cl)c1)N(C)Cc1cc(C#CCN)cs1. The van der Waals surface area contributed by atoms with Gasteiger partial charge in [-0.1, -0.05) is 35.6 Å². The van der Waals surface area contributed by atoms with Gasteiger partial charge >= 0.3 is 0 Å². The number of hydrogen-bond donors (Lipinski definition) is 1. The summed E-state index contributed by atoms with van der Waals surface area (Å²) in [6.07, 6.45) is 0. The van der Waals surface area contributed by atoms with E-state index in [0.29, 0.717) is 12.6 Å². The number of benzene rings is 1. The van der Waals surface area contributed by atoms with Crippen molar-refractivity contribution in [3.8, 4) is 11.8 Å². The van der Waals surface area contributed by atoms with Crippen molar-refractivity contribution in [2.45, 2.75) is 19.5 Å². The van der Waals surface area contributed by atoms with E-state index in [1.807, 2.05) is 18.2 Å². The fourth-order valence-corrected chi connectivity index (χ4v) is 3.16. The quantitative estimate of drug-likeness (QED) is 0.866. The Morgan fingerprint density at radius 1 is 1.38 bits per heavy atom. The Labute approximate surface area is 135 Å². The number of nitrogens with two attached hydrogens (primary N) is 1. The van der Waals surface area contributed by atoms with Gasteiger partial charge in [-0.2, -0.15) is 0 Å². The Kier molecular flexibility index (Phi) is 5.84. The fourth-order valence-electron chi connectivity index (χ4n) is 2.09. The van der Waals surface area contributed by atoms with Crippen molar-refractivity contribution in [3.63, 3.8) is 0 Å². The van der Waals surface area contributed by atoms with E-state index in [9.17, 15) is 0 Å². The van der Waals surface area contributed by atoms with Gasteiger partial charge in [-0.05, 0) is 37.7 Å². The van der Waals surface area contributed by atoms with Crippen LogP contribution in [-0.4, -0.2) is 18.5 Å². The van der Waals surface area contributed by atoms with Crippen LogP contribution in [-0.2, 0) is 6.54 Å². The summed E-state index contributed by atoms with van der Waals surface area (Å²) in [6, 6.07) is 10.5. The van der Waals surface area contributed by atoms with Crippen LogP contribution in [0, 0.1) is 11.8 Å². The van der Waals surface area contributed by atoms with Crippen LogP contribution in [0.1, 0.15) is 29.0 Å². The summed E-state index contributed by atoms with van der Waals surface area (Å²) in [7, 11) is 2.12. The van der Waals surface area contributed by atoms with Gasteiger partial charge in [-0.3, -0.25) is 4.90 Å². The van der Waals surface area contributed by atoms with Crippen LogP contribution < -0.4 is 5.73 Å². The summed E-state index contributed by atoms with van der Waals surface area (Å²) in [4.78, 5) is 3.60. The molecule has 4 heteroatoms. The molecule has 110 valence electrons. The molecule has 0 saturated heterocycles. The van der Waals surface area contributed by atoms with Crippen molar-refractivity contribution >= 4 is 22.9 Å². The summed E-state index contributed by atoms with van der Waals surface area (Å²) in [5.41, 5.74) is 7.66. The molecular weight excluding hydrogens is 300 g/mol. The van der Waals surface area contributed by atoms with Crippen molar-refractivity contribution in [2.24, 2.45) is 5.73 Å². The largest absolute Gasteiger partial charge is 0.320 e. The zero-order chi connectivity index (χ0) is 15.2. The average Bonchev–Trinajstić information content (AvgIpc) is 2.91. The summed E-state index contributed by atoms with van der Waals surface area (Å²) in [6.45, 7) is 3.48. The molecule has 0 aliphatic rings. The first-order valence-electron chi connectivity index (χ1n) is 6.82. The predicted octanol–water partition coefficient (Wildman–Crippen LogP) is 3.90. The average molecular weight is 319 g/mol. The van der Waals surface area contributed by atoms with Crippen LogP contribution in [0.2, 0.25) is 5.02 Å². The van der Waals surface area contributed by atoms with Gasteiger partial charge in [-0.25, -0.2) is 0 Å². The van der Waals surface area contributed by atoms with Gasteiger partial charge < -0.3 is 5.73 Å². The van der Waals surface area contributed by atoms with Crippen LogP contribution >= 0.6 is 22.9 Å². The molecule has 1 heterocycles. The van der Waals surface area contributed by atoms with Crippen molar-refractivity contribution < 1.29 is 0 Å². The van der Waals surface area contributed by atoms with E-state index in [1.54, 1.807) is 11.3 Å². The second-order valence-electron chi connectivity index (χ2n) is 4.95. The van der Waals surface area contributed by atoms with Crippen LogP contribution in [0.15, 0.2) is 35.7 Å². The van der Waals surface area contributed by atoms with E-state index in [-0.39, 0.29) is 0 Å². The molecule has 1 atom stereocenters. The molecule has 0 radical (unpaired) electrons. The highest BCUT2D eigenvalue weighted by molar-refractivity contribution is 7.10. The highest BCUT2D eigenvalue weighted by Gasteiger charge is 2.13. The lowest BCUT2D eigenvalue weighted by molar-refractivity contribution is 0.255. The third kappa shape index (κ3) is 4.59. The lowest BCUT2D eigenvalue weighted by Crippen LogP contribution is -2.21. The predicted molar refractivity (Wildman–Crippen MR) is 91.6 cm³/mol. The molecule has 0 fully saturated rings. The molecule has 0 aliphatic heterocycles. The first kappa shape index (κ1) is 16.1. The molecule has 2 rings (SSSR count). The minimum atomic E-state index is 0.310. The molecule has 2 N–H and O–H groups in total. The minimum absolute atomic E-state index is 0.310. The molecular formula is C17H19ClN2S. The van der Waals surface area contributed by atoms with Crippen LogP contribution in [0.5, 0.6) is 0 Å². The number of halogens is 1. The van der Waals surface area contributed by atoms with E-state index in [4.69, 9.17) is 17.3 Å². The molecule has 21 heavy (non-hydrogen) atoms. The fraction of sp³-hybridized carbons (Fsp3) is 0.294. The first-order valence-corrected chi connectivity index (χ1v) is 8.08. The minimum Gasteiger partial charge on any atom is -0.320 e. The molecule has 0 bridgehead atoms. The molecule has 1 aromatic carbocycles. The van der Waals surface area contributed by atoms with Gasteiger partial charge in [0.1, 0.15) is 0 Å². The maximum atomic E-state index is 6.06. The van der Waals surface area contributed by atoms with Crippen molar-refractivity contribution in [1.82, 2.24) is 4.90 Å². The van der Waals surface area contributed by atoms with Gasteiger partial charge in [0.25, 0.3) is 0 Å². The van der Waals surface area contributed by atoms with Gasteiger partial charge in [0.15, 0.2) is 0 Å². The van der Waals surface area contributed by atoms with Crippen molar-refractivity contribution in [3.05, 3.63) is 56.7 Å². The highest BCUT2D eigenvalue weighted by atomic mass is 35.5. The zero-order valence-corrected chi connectivity index (χ0v) is 13.8. The standard InChI is InChI=1S/C17H19ClN2S/c1-13(15-6-3-7-16(18)10-15)20(2)11-17-9-14(12-21-17)5-4-8-19/h3,6-7,9-10,12-13H,8,11,19H2,1-2H3. The van der Waals surface area contributed by atoms with Crippen LogP contribution in [0.3, 0.4) is 0 Å². The second-order valence-corrected chi connectivity index (χ2v) is 6.39. The maximum Gasteiger partial charge on any atom is 0.0555 e. The topological polar surface area (TPSA) is 29.3 Å². The van der Waals surface area contributed by atoms with E-state index < -0.39 is 0 Å². The number of hydrogen-bond acceptors (Lipinski definition) is 3. The molecule has 2 aromatic rings. The molecule has 1 aromatic heterocycles. The molecule has 2 nitrogen and oxygen atoms in total. The lowest BCUT2D eigenvalue weighted by Gasteiger charge is -2.24. The van der Waals surface area contributed by atoms with Crippen LogP contribution in [0.25, 0.3) is 0 Å². The molecule has 0 aliphatic carbocycles. The summed E-state index contributed by atoms with van der Waals surface area (Å²) < 4.78 is 0. The molecule has 0 spiro atoms. The monoisotopic (exact) mass is 318 g/mol. The van der Waals surface area contributed by atoms with Crippen LogP contribution in [0.4, 0.5) is 0 Å². The normalized spacial score (nSPS) is 12.0. The number of nitrogens with zero attached hydrogens (tertiary/aromatic N) is 1. The highest BCUT2D eigenvalue weighted by Crippen LogP contribution is 2.25. The number of rotatable bonds is 4. The van der Waals surface area contributed by atoms with Gasteiger partial charge in [0, 0.05) is 33.4 Å². The summed E-state index contributed by atoms with van der Waals surface area (Å²) in [5.74, 6) is 5.95. The Bertz CT molecular complexity index is 654. The molecule has 0 saturated carbocycles. The summed E-state index contributed by atoms with van der Waals surface area (Å²) in [5, 5.41) is 2.86. The van der Waals surface area contributed by atoms with E-state index in [1.165, 1.54) is 10.4 Å². The van der Waals surface area contributed by atoms with Crippen molar-refractivity contribution in [2.75, 3.05) is 13.6 Å².